The van der Waals surface area contributed by atoms with E-state index in [0.717, 1.165) is 10.7 Å². The average molecular weight is 344 g/mol. The van der Waals surface area contributed by atoms with E-state index < -0.39 is 37.1 Å². The first kappa shape index (κ1) is 18.2. The third-order valence-electron chi connectivity index (χ3n) is 4.09. The third-order valence-corrected chi connectivity index (χ3v) is 5.56. The predicted octanol–water partition coefficient (Wildman–Crippen LogP) is -0.0804. The lowest BCUT2D eigenvalue weighted by Gasteiger charge is -2.20. The van der Waals surface area contributed by atoms with Gasteiger partial charge in [0.1, 0.15) is 12.2 Å². The van der Waals surface area contributed by atoms with Crippen molar-refractivity contribution in [1.29, 1.82) is 0 Å². The maximum absolute atomic E-state index is 12.3. The molecule has 1 fully saturated rings. The topological polar surface area (TPSA) is 82.7 Å². The van der Waals surface area contributed by atoms with E-state index >= 15 is 0 Å². The van der Waals surface area contributed by atoms with Gasteiger partial charge in [0.25, 0.3) is 5.56 Å². The number of aromatic nitrogens is 2. The Balaban J connectivity index is 2.29. The highest BCUT2D eigenvalue weighted by molar-refractivity contribution is 7.72. The fourth-order valence-electron chi connectivity index (χ4n) is 2.69. The minimum absolute atomic E-state index is 0.390. The average Bonchev–Trinajstić information content (AvgIpc) is 2.78. The summed E-state index contributed by atoms with van der Waals surface area (Å²) in [5.74, 6) is 0. The van der Waals surface area contributed by atoms with Crippen LogP contribution in [0.15, 0.2) is 21.9 Å². The largest absolute Gasteiger partial charge is 0.388 e. The highest BCUT2D eigenvalue weighted by atomic mass is 31.2. The van der Waals surface area contributed by atoms with Crippen LogP contribution in [0.1, 0.15) is 12.6 Å². The van der Waals surface area contributed by atoms with Crippen molar-refractivity contribution in [1.82, 2.24) is 9.13 Å². The molecule has 1 aliphatic rings. The Morgan fingerprint density at radius 1 is 1.43 bits per heavy atom. The van der Waals surface area contributed by atoms with Crippen molar-refractivity contribution < 1.29 is 14.6 Å². The second kappa shape index (κ2) is 6.77. The number of aliphatic hydroxyl groups excluding tert-OH is 1. The van der Waals surface area contributed by atoms with Gasteiger partial charge in [-0.05, 0) is 25.9 Å². The lowest BCUT2D eigenvalue weighted by Crippen LogP contribution is -2.42. The van der Waals surface area contributed by atoms with Crippen LogP contribution >= 0.6 is 6.89 Å². The highest BCUT2D eigenvalue weighted by Crippen LogP contribution is 2.39. The molecule has 0 bridgehead atoms. The zero-order valence-electron chi connectivity index (χ0n) is 14.0. The van der Waals surface area contributed by atoms with E-state index in [4.69, 9.17) is 9.47 Å². The summed E-state index contributed by atoms with van der Waals surface area (Å²) in [5.41, 5.74) is -0.888. The number of ether oxygens (including phenoxy) is 2. The number of rotatable bonds is 5. The lowest BCUT2D eigenvalue weighted by molar-refractivity contribution is -0.0546. The van der Waals surface area contributed by atoms with Crippen molar-refractivity contribution in [3.63, 3.8) is 0 Å². The molecule has 2 rings (SSSR count). The van der Waals surface area contributed by atoms with Crippen molar-refractivity contribution in [3.05, 3.63) is 33.1 Å². The molecule has 1 aliphatic heterocycles. The van der Waals surface area contributed by atoms with Gasteiger partial charge in [0.2, 0.25) is 0 Å². The predicted molar refractivity (Wildman–Crippen MR) is 92.0 cm³/mol. The van der Waals surface area contributed by atoms with Gasteiger partial charge in [-0.1, -0.05) is 0 Å². The summed E-state index contributed by atoms with van der Waals surface area (Å²) in [6.45, 7) is 3.01. The Labute approximate surface area is 135 Å². The van der Waals surface area contributed by atoms with E-state index in [2.05, 4.69) is 19.6 Å². The molecule has 23 heavy (non-hydrogen) atoms. The van der Waals surface area contributed by atoms with Crippen molar-refractivity contribution in [2.24, 2.45) is 7.05 Å². The molecule has 2 unspecified atom stereocenters. The minimum Gasteiger partial charge on any atom is -0.388 e. The van der Waals surface area contributed by atoms with Crippen LogP contribution in [-0.4, -0.2) is 65.5 Å². The second-order valence-electron chi connectivity index (χ2n) is 6.61. The van der Waals surface area contributed by atoms with Crippen molar-refractivity contribution in [2.45, 2.75) is 31.0 Å². The van der Waals surface area contributed by atoms with Crippen molar-refractivity contribution >= 4 is 13.2 Å². The summed E-state index contributed by atoms with van der Waals surface area (Å²) in [6, 6.07) is 1.29. The molecule has 1 saturated heterocycles. The Morgan fingerprint density at radius 2 is 2.09 bits per heavy atom. The minimum atomic E-state index is -1.23. The molecule has 0 aromatic carbocycles. The van der Waals surface area contributed by atoms with Gasteiger partial charge in [0, 0.05) is 26.4 Å². The fourth-order valence-corrected chi connectivity index (χ4v) is 3.65. The monoisotopic (exact) mass is 344 g/mol. The fraction of sp³-hybridized carbons (Fsp3) is 0.667. The number of methoxy groups -OCH3 is 1. The first-order chi connectivity index (χ1) is 10.7. The first-order valence-corrected chi connectivity index (χ1v) is 10.5. The summed E-state index contributed by atoms with van der Waals surface area (Å²) < 4.78 is 13.5. The van der Waals surface area contributed by atoms with Gasteiger partial charge in [0.15, 0.2) is 6.23 Å². The SMILES string of the molecule is C=P(C)(C)CCC1OC(n2ccc(=O)n(C)c2=O)[C@H](OC)[C@@H]1O. The lowest BCUT2D eigenvalue weighted by atomic mass is 10.1. The van der Waals surface area contributed by atoms with Crippen LogP contribution in [0.5, 0.6) is 0 Å². The van der Waals surface area contributed by atoms with Gasteiger partial charge < -0.3 is 14.6 Å². The van der Waals surface area contributed by atoms with E-state index in [1.807, 2.05) is 0 Å². The van der Waals surface area contributed by atoms with Crippen LogP contribution in [0, 0.1) is 0 Å². The quantitative estimate of drug-likeness (QED) is 0.756. The maximum atomic E-state index is 12.3. The van der Waals surface area contributed by atoms with Crippen LogP contribution in [0.25, 0.3) is 0 Å². The van der Waals surface area contributed by atoms with Crippen molar-refractivity contribution in [3.8, 4) is 0 Å². The molecule has 0 aliphatic carbocycles. The van der Waals surface area contributed by atoms with E-state index in [9.17, 15) is 14.7 Å². The van der Waals surface area contributed by atoms with Crippen LogP contribution in [0.4, 0.5) is 0 Å². The van der Waals surface area contributed by atoms with E-state index in [1.54, 1.807) is 0 Å². The van der Waals surface area contributed by atoms with E-state index in [0.29, 0.717) is 6.42 Å². The van der Waals surface area contributed by atoms with Crippen LogP contribution in [0.2, 0.25) is 0 Å². The molecule has 1 N–H and O–H groups in total. The Hall–Kier alpha value is -1.14. The molecule has 0 spiro atoms. The Kier molecular flexibility index (Phi) is 5.36. The number of aliphatic hydroxyl groups is 1. The molecule has 4 atom stereocenters. The maximum Gasteiger partial charge on any atom is 0.332 e. The standard InChI is InChI=1S/C15H25N2O5P/c1-16-11(18)6-8-17(15(16)20)14-13(21-2)12(19)10(22-14)7-9-23(3,4)5/h6,8,10,12-14,19H,3,7,9H2,1-2,4-5H3/t10?,12-,13-,14?/m1/s1. The highest BCUT2D eigenvalue weighted by Gasteiger charge is 2.45. The van der Waals surface area contributed by atoms with Gasteiger partial charge in [-0.3, -0.25) is 13.9 Å². The molecule has 0 radical (unpaired) electrons. The van der Waals surface area contributed by atoms with E-state index in [1.165, 1.54) is 31.0 Å². The van der Waals surface area contributed by atoms with Crippen molar-refractivity contribution in [2.75, 3.05) is 26.6 Å². The second-order valence-corrected chi connectivity index (χ2v) is 10.9. The zero-order valence-corrected chi connectivity index (χ0v) is 14.9. The first-order valence-electron chi connectivity index (χ1n) is 7.47. The van der Waals surface area contributed by atoms with Crippen LogP contribution in [-0.2, 0) is 16.5 Å². The summed E-state index contributed by atoms with van der Waals surface area (Å²) in [4.78, 5) is 23.8. The number of nitrogens with zero attached hydrogens (tertiary/aromatic N) is 2. The molecule has 8 heteroatoms. The normalized spacial score (nSPS) is 28.2. The smallest absolute Gasteiger partial charge is 0.332 e. The Bertz CT molecular complexity index is 719. The van der Waals surface area contributed by atoms with E-state index in [-0.39, 0.29) is 5.56 Å². The molecule has 7 nitrogen and oxygen atoms in total. The zero-order chi connectivity index (χ0) is 17.4. The molecule has 1 aromatic rings. The van der Waals surface area contributed by atoms with Gasteiger partial charge in [-0.2, -0.15) is 0 Å². The van der Waals surface area contributed by atoms with Gasteiger partial charge in [0.05, 0.1) is 6.10 Å². The Morgan fingerprint density at radius 3 is 2.65 bits per heavy atom. The summed E-state index contributed by atoms with van der Waals surface area (Å²) in [6.07, 6.45) is 4.39. The van der Waals surface area contributed by atoms with Gasteiger partial charge in [-0.15, -0.1) is 13.2 Å². The third kappa shape index (κ3) is 3.86. The van der Waals surface area contributed by atoms with Gasteiger partial charge in [-0.25, -0.2) is 4.79 Å². The molecule has 0 saturated carbocycles. The summed E-state index contributed by atoms with van der Waals surface area (Å²) in [7, 11) is 2.87. The molecular formula is C15H25N2O5P. The van der Waals surface area contributed by atoms with Crippen LogP contribution < -0.4 is 11.2 Å². The number of hydrogen-bond acceptors (Lipinski definition) is 5. The number of hydrogen-bond donors (Lipinski definition) is 1. The molecule has 130 valence electrons. The summed E-state index contributed by atoms with van der Waals surface area (Å²) >= 11 is 0. The van der Waals surface area contributed by atoms with Gasteiger partial charge >= 0.3 is 5.69 Å². The molecule has 2 heterocycles. The van der Waals surface area contributed by atoms with Crippen LogP contribution in [0.3, 0.4) is 0 Å². The molecule has 0 amide bonds. The summed E-state index contributed by atoms with van der Waals surface area (Å²) in [5, 5.41) is 10.5. The molecule has 1 aromatic heterocycles. The molecular weight excluding hydrogens is 319 g/mol.